The molecule has 0 amide bonds. The van der Waals surface area contributed by atoms with Crippen LogP contribution in [0.1, 0.15) is 5.56 Å². The lowest BCUT2D eigenvalue weighted by atomic mass is 10.2. The summed E-state index contributed by atoms with van der Waals surface area (Å²) in [6, 6.07) is 6.99. The predicted molar refractivity (Wildman–Crippen MR) is 60.4 cm³/mol. The van der Waals surface area contributed by atoms with Crippen molar-refractivity contribution in [2.75, 3.05) is 5.75 Å². The van der Waals surface area contributed by atoms with Gasteiger partial charge in [0, 0.05) is 4.47 Å². The predicted octanol–water partition coefficient (Wildman–Crippen LogP) is 1.38. The molecule has 1 N–H and O–H groups in total. The molecule has 0 heterocycles. The topological polar surface area (TPSA) is 80.7 Å². The van der Waals surface area contributed by atoms with Crippen molar-refractivity contribution in [2.45, 2.75) is 6.61 Å². The third-order valence-electron chi connectivity index (χ3n) is 1.61. The minimum Gasteiger partial charge on any atom is -0.460 e. The Morgan fingerprint density at radius 1 is 1.31 bits per heavy atom. The molecule has 1 rings (SSSR count). The van der Waals surface area contributed by atoms with Crippen LogP contribution < -0.4 is 0 Å². The van der Waals surface area contributed by atoms with Crippen LogP contribution in [0.5, 0.6) is 0 Å². The zero-order chi connectivity index (χ0) is 12.2. The molecule has 0 unspecified atom stereocenters. The zero-order valence-corrected chi connectivity index (χ0v) is 10.5. The summed E-state index contributed by atoms with van der Waals surface area (Å²) in [5, 5.41) is 0. The molecule has 0 atom stereocenters. The van der Waals surface area contributed by atoms with Crippen molar-refractivity contribution in [1.82, 2.24) is 0 Å². The van der Waals surface area contributed by atoms with Crippen LogP contribution in [0.15, 0.2) is 28.7 Å². The first-order valence-electron chi connectivity index (χ1n) is 4.22. The quantitative estimate of drug-likeness (QED) is 0.671. The molecule has 0 aliphatic heterocycles. The Kier molecular flexibility index (Phi) is 4.45. The lowest BCUT2D eigenvalue weighted by molar-refractivity contribution is -0.141. The van der Waals surface area contributed by atoms with E-state index in [2.05, 4.69) is 20.7 Å². The monoisotopic (exact) mass is 308 g/mol. The molecule has 1 aromatic carbocycles. The molecule has 88 valence electrons. The third kappa shape index (κ3) is 5.24. The number of esters is 1. The van der Waals surface area contributed by atoms with E-state index >= 15 is 0 Å². The molecule has 0 saturated heterocycles. The number of carbonyl (C=O) groups excluding carboxylic acids is 1. The Labute approximate surface area is 101 Å². The van der Waals surface area contributed by atoms with E-state index < -0.39 is 21.8 Å². The largest absolute Gasteiger partial charge is 0.460 e. The molecule has 0 aliphatic rings. The van der Waals surface area contributed by atoms with Crippen LogP contribution >= 0.6 is 15.9 Å². The van der Waals surface area contributed by atoms with E-state index in [-0.39, 0.29) is 6.61 Å². The van der Waals surface area contributed by atoms with Crippen LogP contribution in [0.25, 0.3) is 0 Å². The van der Waals surface area contributed by atoms with Crippen molar-refractivity contribution in [3.05, 3.63) is 34.3 Å². The zero-order valence-electron chi connectivity index (χ0n) is 8.09. The maximum atomic E-state index is 10.9. The van der Waals surface area contributed by atoms with E-state index in [4.69, 9.17) is 4.55 Å². The van der Waals surface area contributed by atoms with Crippen LogP contribution in [0.3, 0.4) is 0 Å². The number of benzene rings is 1. The van der Waals surface area contributed by atoms with Gasteiger partial charge in [0.2, 0.25) is 0 Å². The maximum absolute atomic E-state index is 10.9. The molecular formula is C9H9BrO5S. The first-order valence-corrected chi connectivity index (χ1v) is 6.62. The summed E-state index contributed by atoms with van der Waals surface area (Å²) < 4.78 is 34.6. The fraction of sp³-hybridized carbons (Fsp3) is 0.222. The first-order chi connectivity index (χ1) is 7.37. The number of halogens is 1. The molecule has 5 nitrogen and oxygen atoms in total. The fourth-order valence-electron chi connectivity index (χ4n) is 0.935. The second kappa shape index (κ2) is 5.42. The number of carbonyl (C=O) groups is 1. The van der Waals surface area contributed by atoms with Gasteiger partial charge in [0.15, 0.2) is 5.75 Å². The molecule has 7 heteroatoms. The normalized spacial score (nSPS) is 11.1. The lowest BCUT2D eigenvalue weighted by Crippen LogP contribution is -2.17. The van der Waals surface area contributed by atoms with Crippen LogP contribution in [-0.2, 0) is 26.3 Å². The highest BCUT2D eigenvalue weighted by molar-refractivity contribution is 9.10. The van der Waals surface area contributed by atoms with Crippen LogP contribution in [0, 0.1) is 0 Å². The molecule has 0 bridgehead atoms. The molecule has 1 aromatic rings. The van der Waals surface area contributed by atoms with E-state index in [9.17, 15) is 13.2 Å². The van der Waals surface area contributed by atoms with E-state index in [1.165, 1.54) is 0 Å². The molecule has 0 fully saturated rings. The van der Waals surface area contributed by atoms with E-state index in [1.54, 1.807) is 24.3 Å². The maximum Gasteiger partial charge on any atom is 0.323 e. The van der Waals surface area contributed by atoms with Gasteiger partial charge in [-0.1, -0.05) is 28.1 Å². The highest BCUT2D eigenvalue weighted by Crippen LogP contribution is 2.11. The average Bonchev–Trinajstić information content (AvgIpc) is 2.14. The third-order valence-corrected chi connectivity index (χ3v) is 2.74. The summed E-state index contributed by atoms with van der Waals surface area (Å²) >= 11 is 3.25. The summed E-state index contributed by atoms with van der Waals surface area (Å²) in [4.78, 5) is 10.9. The molecule has 0 spiro atoms. The van der Waals surface area contributed by atoms with Crippen LogP contribution in [-0.4, -0.2) is 24.7 Å². The number of rotatable bonds is 4. The number of hydrogen-bond donors (Lipinski definition) is 1. The average molecular weight is 309 g/mol. The second-order valence-electron chi connectivity index (χ2n) is 3.01. The van der Waals surface area contributed by atoms with Gasteiger partial charge in [0.05, 0.1) is 0 Å². The summed E-state index contributed by atoms with van der Waals surface area (Å²) in [7, 11) is -4.32. The Morgan fingerprint density at radius 2 is 1.88 bits per heavy atom. The van der Waals surface area contributed by atoms with Crippen molar-refractivity contribution in [2.24, 2.45) is 0 Å². The van der Waals surface area contributed by atoms with Gasteiger partial charge in [-0.2, -0.15) is 8.42 Å². The number of hydrogen-bond acceptors (Lipinski definition) is 4. The van der Waals surface area contributed by atoms with Crippen LogP contribution in [0.4, 0.5) is 0 Å². The fourth-order valence-corrected chi connectivity index (χ4v) is 1.58. The Morgan fingerprint density at radius 3 is 2.38 bits per heavy atom. The first kappa shape index (κ1) is 13.1. The van der Waals surface area contributed by atoms with Gasteiger partial charge in [0.1, 0.15) is 6.61 Å². The SMILES string of the molecule is O=C(CS(=O)(=O)O)OCc1ccc(Br)cc1. The van der Waals surface area contributed by atoms with E-state index in [1.807, 2.05) is 0 Å². The van der Waals surface area contributed by atoms with Crippen molar-refractivity contribution < 1.29 is 22.5 Å². The summed E-state index contributed by atoms with van der Waals surface area (Å²) in [6.07, 6.45) is 0. The van der Waals surface area contributed by atoms with E-state index in [0.717, 1.165) is 10.0 Å². The molecular weight excluding hydrogens is 300 g/mol. The standard InChI is InChI=1S/C9H9BrO5S/c10-8-3-1-7(2-4-8)5-15-9(11)6-16(12,13)14/h1-4H,5-6H2,(H,12,13,14). The van der Waals surface area contributed by atoms with Crippen LogP contribution in [0.2, 0.25) is 0 Å². The minimum atomic E-state index is -4.32. The molecule has 0 radical (unpaired) electrons. The molecule has 16 heavy (non-hydrogen) atoms. The summed E-state index contributed by atoms with van der Waals surface area (Å²) in [6.45, 7) is -0.0262. The highest BCUT2D eigenvalue weighted by Gasteiger charge is 2.13. The van der Waals surface area contributed by atoms with Crippen molar-refractivity contribution in [3.63, 3.8) is 0 Å². The van der Waals surface area contributed by atoms with Gasteiger partial charge >= 0.3 is 5.97 Å². The van der Waals surface area contributed by atoms with Gasteiger partial charge in [-0.3, -0.25) is 9.35 Å². The number of ether oxygens (including phenoxy) is 1. The van der Waals surface area contributed by atoms with Crippen molar-refractivity contribution in [3.8, 4) is 0 Å². The Hall–Kier alpha value is -0.920. The molecule has 0 aromatic heterocycles. The van der Waals surface area contributed by atoms with Gasteiger partial charge in [-0.15, -0.1) is 0 Å². The summed E-state index contributed by atoms with van der Waals surface area (Å²) in [5.74, 6) is -2.01. The minimum absolute atomic E-state index is 0.0262. The highest BCUT2D eigenvalue weighted by atomic mass is 79.9. The van der Waals surface area contributed by atoms with Crippen molar-refractivity contribution in [1.29, 1.82) is 0 Å². The molecule has 0 aliphatic carbocycles. The van der Waals surface area contributed by atoms with Gasteiger partial charge < -0.3 is 4.74 Å². The lowest BCUT2D eigenvalue weighted by Gasteiger charge is -2.03. The van der Waals surface area contributed by atoms with E-state index in [0.29, 0.717) is 0 Å². The second-order valence-corrected chi connectivity index (χ2v) is 5.38. The van der Waals surface area contributed by atoms with Crippen molar-refractivity contribution >= 4 is 32.0 Å². The molecule has 0 saturated carbocycles. The Bertz CT molecular complexity index is 465. The van der Waals surface area contributed by atoms with Gasteiger partial charge in [-0.25, -0.2) is 0 Å². The summed E-state index contributed by atoms with van der Waals surface area (Å²) in [5.41, 5.74) is 0.729. The van der Waals surface area contributed by atoms with Gasteiger partial charge in [0.25, 0.3) is 10.1 Å². The smallest absolute Gasteiger partial charge is 0.323 e. The van der Waals surface area contributed by atoms with Gasteiger partial charge in [-0.05, 0) is 17.7 Å². The Balaban J connectivity index is 2.46.